The van der Waals surface area contributed by atoms with E-state index in [-0.39, 0.29) is 39.4 Å². The highest BCUT2D eigenvalue weighted by Crippen LogP contribution is 2.40. The van der Waals surface area contributed by atoms with Gasteiger partial charge in [0.15, 0.2) is 17.5 Å². The lowest BCUT2D eigenvalue weighted by molar-refractivity contribution is 0.340. The highest BCUT2D eigenvalue weighted by atomic mass is 16.3. The van der Waals surface area contributed by atoms with Gasteiger partial charge < -0.3 is 9.32 Å². The Hall–Kier alpha value is -5.81. The zero-order valence-electron chi connectivity index (χ0n) is 48.6. The molecule has 0 bridgehead atoms. The van der Waals surface area contributed by atoms with Crippen LogP contribution in [0.5, 0.6) is 0 Å². The summed E-state index contributed by atoms with van der Waals surface area (Å²) in [5, 5.41) is 1.21. The average Bonchev–Trinajstić information content (AvgIpc) is 3.80. The molecule has 0 saturated heterocycles. The average molecular weight is 725 g/mol. The van der Waals surface area contributed by atoms with Crippen molar-refractivity contribution < 1.29 is 31.8 Å². The minimum atomic E-state index is -1.77. The van der Waals surface area contributed by atoms with Gasteiger partial charge in [-0.2, -0.15) is 0 Å². The Labute approximate surface area is 344 Å². The number of furan rings is 1. The summed E-state index contributed by atoms with van der Waals surface area (Å²) in [6, 6.07) is 10.7. The van der Waals surface area contributed by atoms with Crippen LogP contribution < -0.4 is 4.90 Å². The van der Waals surface area contributed by atoms with Crippen LogP contribution in [-0.4, -0.2) is 27.0 Å². The normalized spacial score (nSPS) is 36.5. The van der Waals surface area contributed by atoms with Gasteiger partial charge in [-0.1, -0.05) is 141 Å². The van der Waals surface area contributed by atoms with Crippen LogP contribution in [0.4, 0.5) is 5.69 Å². The van der Waals surface area contributed by atoms with Crippen LogP contribution in [0, 0.1) is 0 Å². The topological polar surface area (TPSA) is 55.1 Å². The predicted molar refractivity (Wildman–Crippen MR) is 223 cm³/mol. The number of anilines is 1. The van der Waals surface area contributed by atoms with E-state index in [1.165, 1.54) is 0 Å². The summed E-state index contributed by atoms with van der Waals surface area (Å²) in [6.07, 6.45) is -16.8. The Morgan fingerprint density at radius 2 is 1.19 bits per heavy atom. The van der Waals surface area contributed by atoms with E-state index in [9.17, 15) is 11.0 Å². The van der Waals surface area contributed by atoms with Crippen LogP contribution in [0.2, 0.25) is 0 Å². The molecule has 10 rings (SSSR count). The standard InChI is InChI=1S/C49H44N4O/c1-4-15-35(16-5-1)47-50-48(41-23-12-17-34-14-10-11-22-40(34)41)52-49(51-47)43-24-13-25-44-46(43)42-31-28-36(32-45(42)54-44)33-26-29-39(30-27-33)53(37-18-6-2-7-19-37)38-20-8-3-9-21-38/h1,4-5,10-17,22-32,37-38H,2-3,6-9,18-21H2/i2D,3D,6D,7D,8D,9D,13D,18D,19D,20D,21D,24D,25D,26D,27D,28D,29D,30D,31D,32D. The molecule has 6 aromatic carbocycles. The van der Waals surface area contributed by atoms with Gasteiger partial charge in [0.25, 0.3) is 0 Å². The molecule has 2 fully saturated rings. The van der Waals surface area contributed by atoms with Gasteiger partial charge in [0.2, 0.25) is 0 Å². The van der Waals surface area contributed by atoms with Crippen molar-refractivity contribution in [3.63, 3.8) is 0 Å². The molecular weight excluding hydrogens is 661 g/mol. The van der Waals surface area contributed by atoms with E-state index in [1.54, 1.807) is 30.3 Å². The third-order valence-corrected chi connectivity index (χ3v) is 9.43. The summed E-state index contributed by atoms with van der Waals surface area (Å²) in [4.78, 5) is 15.3. The minimum absolute atomic E-state index is 0.167. The fourth-order valence-corrected chi connectivity index (χ4v) is 6.88. The van der Waals surface area contributed by atoms with E-state index in [0.717, 1.165) is 15.7 Å². The molecular formula is C49H44N4O. The van der Waals surface area contributed by atoms with E-state index >= 15 is 0 Å². The summed E-state index contributed by atoms with van der Waals surface area (Å²) < 4.78 is 188. The molecule has 8 unspecified atom stereocenters. The van der Waals surface area contributed by atoms with Crippen molar-refractivity contribution >= 4 is 38.4 Å². The van der Waals surface area contributed by atoms with E-state index < -0.39 is 159 Å². The quantitative estimate of drug-likeness (QED) is 0.164. The van der Waals surface area contributed by atoms with Gasteiger partial charge in [-0.15, -0.1) is 0 Å². The van der Waals surface area contributed by atoms with Gasteiger partial charge in [-0.3, -0.25) is 0 Å². The Balaban J connectivity index is 1.22. The van der Waals surface area contributed by atoms with Crippen LogP contribution in [-0.2, 0) is 0 Å². The Morgan fingerprint density at radius 1 is 0.537 bits per heavy atom. The molecule has 8 aromatic rings. The van der Waals surface area contributed by atoms with Gasteiger partial charge in [0.1, 0.15) is 11.2 Å². The van der Waals surface area contributed by atoms with E-state index in [4.69, 9.17) is 35.8 Å². The molecule has 2 aromatic heterocycles. The van der Waals surface area contributed by atoms with Crippen LogP contribution in [0.1, 0.15) is 91.4 Å². The number of hydrogen-bond donors (Lipinski definition) is 0. The number of hydrogen-bond acceptors (Lipinski definition) is 5. The van der Waals surface area contributed by atoms with Gasteiger partial charge in [0.05, 0.1) is 13.7 Å². The first kappa shape index (κ1) is 18.0. The fourth-order valence-electron chi connectivity index (χ4n) is 6.88. The molecule has 8 atom stereocenters. The SMILES string of the molecule is [2H]c1c([2H])c(N(C2C([2H])C([2H])C([2H])C([2H])C2[2H])C2C([2H])C([2H])C([2H])C([2H])C2[2H])c([2H])c([2H])c1-c1c([2H])c([2H])c2c(oc3c([2H])c([2H])c([2H])c(-c4nc(-c5ccccc5)nc(-c5cccc6ccccc56)n4)c32)c1[2H]. The molecule has 2 heterocycles. The molecule has 0 amide bonds. The van der Waals surface area contributed by atoms with Crippen molar-refractivity contribution in [2.24, 2.45) is 0 Å². The first-order valence-electron chi connectivity index (χ1n) is 28.2. The second-order valence-electron chi connectivity index (χ2n) is 12.7. The monoisotopic (exact) mass is 724 g/mol. The molecule has 266 valence electrons. The van der Waals surface area contributed by atoms with Gasteiger partial charge in [-0.05, 0) is 77.7 Å². The molecule has 5 nitrogen and oxygen atoms in total. The van der Waals surface area contributed by atoms with Crippen molar-refractivity contribution in [2.45, 2.75) is 76.1 Å². The Morgan fingerprint density at radius 3 is 1.94 bits per heavy atom. The second kappa shape index (κ2) is 14.2. The zero-order valence-corrected chi connectivity index (χ0v) is 28.6. The van der Waals surface area contributed by atoms with E-state index in [1.807, 2.05) is 42.5 Å². The molecule has 0 radical (unpaired) electrons. The fraction of sp³-hybridized carbons (Fsp3) is 0.245. The largest absolute Gasteiger partial charge is 0.456 e. The van der Waals surface area contributed by atoms with Gasteiger partial charge >= 0.3 is 0 Å². The van der Waals surface area contributed by atoms with Crippen molar-refractivity contribution in [1.29, 1.82) is 0 Å². The summed E-state index contributed by atoms with van der Waals surface area (Å²) in [5.74, 6) is 0.173. The lowest BCUT2D eigenvalue weighted by Crippen LogP contribution is -2.45. The van der Waals surface area contributed by atoms with Crippen molar-refractivity contribution in [3.8, 4) is 45.3 Å². The molecule has 2 saturated carbocycles. The Kier molecular flexibility index (Phi) is 4.74. The summed E-state index contributed by atoms with van der Waals surface area (Å²) in [5.41, 5.74) is -1.96. The third kappa shape index (κ3) is 6.12. The van der Waals surface area contributed by atoms with Crippen molar-refractivity contribution in [1.82, 2.24) is 15.0 Å². The molecule has 2 aliphatic rings. The summed E-state index contributed by atoms with van der Waals surface area (Å²) >= 11 is 0. The van der Waals surface area contributed by atoms with E-state index in [2.05, 4.69) is 0 Å². The lowest BCUT2D eigenvalue weighted by atomic mass is 9.88. The number of rotatable bonds is 7. The molecule has 0 spiro atoms. The minimum Gasteiger partial charge on any atom is -0.456 e. The maximum absolute atomic E-state index is 9.58. The zero-order chi connectivity index (χ0) is 53.3. The molecule has 0 N–H and O–H groups in total. The molecule has 5 heteroatoms. The lowest BCUT2D eigenvalue weighted by Gasteiger charge is -2.43. The summed E-state index contributed by atoms with van der Waals surface area (Å²) in [7, 11) is 0. The molecule has 54 heavy (non-hydrogen) atoms. The Bertz CT molecular complexity index is 3460. The predicted octanol–water partition coefficient (Wildman–Crippen LogP) is 13.1. The van der Waals surface area contributed by atoms with Crippen LogP contribution >= 0.6 is 0 Å². The highest BCUT2D eigenvalue weighted by molar-refractivity contribution is 6.12. The van der Waals surface area contributed by atoms with Crippen LogP contribution in [0.25, 0.3) is 78.0 Å². The number of benzene rings is 6. The smallest absolute Gasteiger partial charge is 0.164 e. The van der Waals surface area contributed by atoms with E-state index in [0.29, 0.717) is 11.1 Å². The first-order valence-corrected chi connectivity index (χ1v) is 17.5. The van der Waals surface area contributed by atoms with Crippen LogP contribution in [0.15, 0.2) is 138 Å². The maximum atomic E-state index is 9.58. The first-order chi connectivity index (χ1) is 35.1. The van der Waals surface area contributed by atoms with Crippen molar-refractivity contribution in [3.05, 3.63) is 133 Å². The third-order valence-electron chi connectivity index (χ3n) is 9.43. The van der Waals surface area contributed by atoms with Crippen molar-refractivity contribution in [2.75, 3.05) is 4.90 Å². The summed E-state index contributed by atoms with van der Waals surface area (Å²) in [6.45, 7) is 0. The number of nitrogens with zero attached hydrogens (tertiary/aromatic N) is 4. The van der Waals surface area contributed by atoms with Crippen LogP contribution in [0.3, 0.4) is 0 Å². The molecule has 0 aliphatic heterocycles. The highest BCUT2D eigenvalue weighted by Gasteiger charge is 2.29. The number of aromatic nitrogens is 3. The second-order valence-corrected chi connectivity index (χ2v) is 12.7. The number of fused-ring (bicyclic) bond motifs is 4. The maximum Gasteiger partial charge on any atom is 0.164 e. The molecule has 2 aliphatic carbocycles. The van der Waals surface area contributed by atoms with Gasteiger partial charge in [0, 0.05) is 58.9 Å². The van der Waals surface area contributed by atoms with Gasteiger partial charge in [-0.25, -0.2) is 15.0 Å².